The number of nitrogens with one attached hydrogen (secondary N) is 3. The van der Waals surface area contributed by atoms with Gasteiger partial charge in [-0.3, -0.25) is 14.7 Å². The highest BCUT2D eigenvalue weighted by Gasteiger charge is 2.15. The van der Waals surface area contributed by atoms with E-state index < -0.39 is 0 Å². The largest absolute Gasteiger partial charge is 0.494 e. The zero-order chi connectivity index (χ0) is 22.8. The molecule has 0 saturated carbocycles. The van der Waals surface area contributed by atoms with Gasteiger partial charge in [0.05, 0.1) is 16.6 Å². The third kappa shape index (κ3) is 4.17. The fourth-order valence-corrected chi connectivity index (χ4v) is 4.02. The maximum absolute atomic E-state index is 13.1. The summed E-state index contributed by atoms with van der Waals surface area (Å²) in [5.74, 6) is 0.141. The van der Waals surface area contributed by atoms with E-state index in [2.05, 4.69) is 25.5 Å². The number of H-pyrrole nitrogens is 2. The Kier molecular flexibility index (Phi) is 5.29. The Balaban J connectivity index is 1.39. The number of rotatable bonds is 6. The first-order valence-electron chi connectivity index (χ1n) is 9.96. The van der Waals surface area contributed by atoms with Crippen molar-refractivity contribution in [1.29, 1.82) is 0 Å². The first kappa shape index (κ1) is 20.4. The Morgan fingerprint density at radius 3 is 2.61 bits per heavy atom. The molecule has 0 aliphatic rings. The van der Waals surface area contributed by atoms with Crippen molar-refractivity contribution in [2.75, 3.05) is 5.32 Å². The molecule has 0 spiro atoms. The highest BCUT2D eigenvalue weighted by Crippen LogP contribution is 2.28. The summed E-state index contributed by atoms with van der Waals surface area (Å²) < 4.78 is 0. The topological polar surface area (TPSA) is 123 Å². The molecule has 5 aromatic rings. The van der Waals surface area contributed by atoms with Crippen LogP contribution in [0.4, 0.5) is 11.5 Å². The predicted octanol–water partition coefficient (Wildman–Crippen LogP) is 4.89. The van der Waals surface area contributed by atoms with E-state index in [1.54, 1.807) is 60.8 Å². The van der Waals surface area contributed by atoms with Crippen LogP contribution in [-0.2, 0) is 0 Å². The van der Waals surface area contributed by atoms with Crippen molar-refractivity contribution >= 4 is 51.6 Å². The molecular formula is C24H17N5O3S. The number of fused-ring (bicyclic) bond motifs is 1. The molecule has 0 unspecified atom stereocenters. The van der Waals surface area contributed by atoms with Crippen LogP contribution < -0.4 is 5.32 Å². The summed E-state index contributed by atoms with van der Waals surface area (Å²) in [5, 5.41) is 22.2. The van der Waals surface area contributed by atoms with Crippen molar-refractivity contribution in [3.05, 3.63) is 93.8 Å². The average Bonchev–Trinajstić information content (AvgIpc) is 3.59. The van der Waals surface area contributed by atoms with Gasteiger partial charge in [-0.1, -0.05) is 6.07 Å². The molecule has 0 aliphatic heterocycles. The minimum atomic E-state index is -0.189. The predicted molar refractivity (Wildman–Crippen MR) is 128 cm³/mol. The quantitative estimate of drug-likeness (QED) is 0.215. The summed E-state index contributed by atoms with van der Waals surface area (Å²) in [6.07, 6.45) is 3.10. The monoisotopic (exact) mass is 455 g/mol. The number of carbonyl (C=O) groups excluding carboxylic acids is 2. The number of aliphatic imine (C=N–C) groups is 1. The number of thiophene rings is 1. The van der Waals surface area contributed by atoms with Crippen molar-refractivity contribution in [3.63, 3.8) is 0 Å². The van der Waals surface area contributed by atoms with Gasteiger partial charge in [0, 0.05) is 40.0 Å². The number of hydrogen-bond donors (Lipinski definition) is 4. The van der Waals surface area contributed by atoms with Crippen molar-refractivity contribution in [2.24, 2.45) is 4.99 Å². The maximum Gasteiger partial charge on any atom is 0.265 e. The van der Waals surface area contributed by atoms with Crippen LogP contribution in [0, 0.1) is 0 Å². The van der Waals surface area contributed by atoms with E-state index >= 15 is 0 Å². The first-order chi connectivity index (χ1) is 16.1. The number of ketones is 1. The van der Waals surface area contributed by atoms with Crippen LogP contribution in [-0.4, -0.2) is 38.2 Å². The van der Waals surface area contributed by atoms with Crippen LogP contribution in [0.5, 0.6) is 5.88 Å². The number of amides is 1. The van der Waals surface area contributed by atoms with Gasteiger partial charge in [-0.25, -0.2) is 4.99 Å². The standard InChI is InChI=1S/C24H17N5O3S/c30-22(14-3-6-16(7-4-14)27-24(32)20-2-1-11-33-20)15-5-8-19-17(12-15)18(23(31)28-19)13-25-21-9-10-26-29-21/h1-13,28,31H,(H,26,29)(H,27,32)/b25-13+. The van der Waals surface area contributed by atoms with Crippen LogP contribution in [0.25, 0.3) is 10.9 Å². The van der Waals surface area contributed by atoms with E-state index in [1.165, 1.54) is 17.6 Å². The van der Waals surface area contributed by atoms with Crippen LogP contribution in [0.15, 0.2) is 77.2 Å². The highest BCUT2D eigenvalue weighted by atomic mass is 32.1. The lowest BCUT2D eigenvalue weighted by molar-refractivity contribution is 0.102. The van der Waals surface area contributed by atoms with Crippen LogP contribution in [0.1, 0.15) is 31.2 Å². The molecule has 8 nitrogen and oxygen atoms in total. The normalized spacial score (nSPS) is 11.3. The lowest BCUT2D eigenvalue weighted by Crippen LogP contribution is -2.10. The van der Waals surface area contributed by atoms with Crippen molar-refractivity contribution in [2.45, 2.75) is 0 Å². The zero-order valence-corrected chi connectivity index (χ0v) is 17.9. The maximum atomic E-state index is 13.1. The average molecular weight is 455 g/mol. The molecule has 4 N–H and O–H groups in total. The molecule has 0 atom stereocenters. The Labute approximate surface area is 191 Å². The van der Waals surface area contributed by atoms with Gasteiger partial charge in [0.15, 0.2) is 11.7 Å². The number of carbonyl (C=O) groups is 2. The van der Waals surface area contributed by atoms with Gasteiger partial charge in [0.2, 0.25) is 0 Å². The van der Waals surface area contributed by atoms with Gasteiger partial charge < -0.3 is 15.4 Å². The van der Waals surface area contributed by atoms with Crippen LogP contribution in [0.2, 0.25) is 0 Å². The number of hydrogen-bond acceptors (Lipinski definition) is 6. The van der Waals surface area contributed by atoms with E-state index in [0.717, 1.165) is 0 Å². The van der Waals surface area contributed by atoms with E-state index in [1.807, 2.05) is 11.4 Å². The molecule has 0 saturated heterocycles. The van der Waals surface area contributed by atoms with E-state index in [-0.39, 0.29) is 17.6 Å². The molecule has 0 bridgehead atoms. The number of anilines is 1. The van der Waals surface area contributed by atoms with Gasteiger partial charge in [-0.2, -0.15) is 5.10 Å². The summed E-state index contributed by atoms with van der Waals surface area (Å²) in [6, 6.07) is 17.2. The molecule has 33 heavy (non-hydrogen) atoms. The third-order valence-electron chi connectivity index (χ3n) is 5.05. The summed E-state index contributed by atoms with van der Waals surface area (Å²) in [7, 11) is 0. The molecule has 9 heteroatoms. The summed E-state index contributed by atoms with van der Waals surface area (Å²) in [6.45, 7) is 0. The second-order valence-corrected chi connectivity index (χ2v) is 8.13. The summed E-state index contributed by atoms with van der Waals surface area (Å²) in [5.41, 5.74) is 2.71. The smallest absolute Gasteiger partial charge is 0.265 e. The summed E-state index contributed by atoms with van der Waals surface area (Å²) in [4.78, 5) is 33.0. The Bertz CT molecular complexity index is 1470. The van der Waals surface area contributed by atoms with Crippen LogP contribution in [0.3, 0.4) is 0 Å². The second-order valence-electron chi connectivity index (χ2n) is 7.19. The SMILES string of the molecule is O=C(c1ccc(NC(=O)c2cccs2)cc1)c1ccc2[nH]c(O)c(/C=N/c3ccn[nH]3)c2c1. The van der Waals surface area contributed by atoms with Crippen molar-refractivity contribution in [1.82, 2.24) is 15.2 Å². The highest BCUT2D eigenvalue weighted by molar-refractivity contribution is 7.12. The molecule has 2 aromatic carbocycles. The van der Waals surface area contributed by atoms with Crippen molar-refractivity contribution in [3.8, 4) is 5.88 Å². The fourth-order valence-electron chi connectivity index (χ4n) is 3.40. The lowest BCUT2D eigenvalue weighted by atomic mass is 10.0. The Morgan fingerprint density at radius 1 is 1.06 bits per heavy atom. The number of aromatic nitrogens is 3. The minimum Gasteiger partial charge on any atom is -0.494 e. The molecule has 3 heterocycles. The molecule has 3 aromatic heterocycles. The first-order valence-corrected chi connectivity index (χ1v) is 10.8. The fraction of sp³-hybridized carbons (Fsp3) is 0. The molecule has 162 valence electrons. The van der Waals surface area contributed by atoms with Gasteiger partial charge in [0.1, 0.15) is 5.82 Å². The lowest BCUT2D eigenvalue weighted by Gasteiger charge is -2.06. The van der Waals surface area contributed by atoms with E-state index in [0.29, 0.717) is 44.0 Å². The van der Waals surface area contributed by atoms with Gasteiger partial charge in [-0.15, -0.1) is 11.3 Å². The minimum absolute atomic E-state index is 0.0382. The van der Waals surface area contributed by atoms with Crippen LogP contribution >= 0.6 is 11.3 Å². The van der Waals surface area contributed by atoms with Crippen molar-refractivity contribution < 1.29 is 14.7 Å². The number of aromatic hydroxyl groups is 1. The molecule has 0 aliphatic carbocycles. The number of benzene rings is 2. The van der Waals surface area contributed by atoms with E-state index in [4.69, 9.17) is 0 Å². The Hall–Kier alpha value is -4.50. The number of nitrogens with zero attached hydrogens (tertiary/aromatic N) is 2. The van der Waals surface area contributed by atoms with Gasteiger partial charge >= 0.3 is 0 Å². The second kappa shape index (κ2) is 8.56. The number of aromatic amines is 2. The molecule has 5 rings (SSSR count). The van der Waals surface area contributed by atoms with Gasteiger partial charge in [0.25, 0.3) is 5.91 Å². The van der Waals surface area contributed by atoms with Gasteiger partial charge in [-0.05, 0) is 53.9 Å². The third-order valence-corrected chi connectivity index (χ3v) is 5.92. The molecule has 1 amide bonds. The zero-order valence-electron chi connectivity index (χ0n) is 17.1. The Morgan fingerprint density at radius 2 is 1.88 bits per heavy atom. The molecular weight excluding hydrogens is 438 g/mol. The molecule has 0 radical (unpaired) electrons. The summed E-state index contributed by atoms with van der Waals surface area (Å²) >= 11 is 1.36. The van der Waals surface area contributed by atoms with E-state index in [9.17, 15) is 14.7 Å². The molecule has 0 fully saturated rings.